The first kappa shape index (κ1) is 11.5. The van der Waals surface area contributed by atoms with Gasteiger partial charge in [0.15, 0.2) is 14.9 Å². The van der Waals surface area contributed by atoms with Crippen LogP contribution in [0.15, 0.2) is 17.2 Å². The third kappa shape index (κ3) is 2.22. The molecule has 0 amide bonds. The molecule has 0 atom stereocenters. The molecule has 88 valence electrons. The van der Waals surface area contributed by atoms with Crippen molar-refractivity contribution >= 4 is 9.84 Å². The molecule has 0 aromatic carbocycles. The molecule has 0 saturated carbocycles. The van der Waals surface area contributed by atoms with Gasteiger partial charge in [0.05, 0.1) is 10.9 Å². The SMILES string of the molecule is Cc1ccc(S(=O)(=O)C2CCNCC2)nn1. The summed E-state index contributed by atoms with van der Waals surface area (Å²) in [4.78, 5) is 0. The summed E-state index contributed by atoms with van der Waals surface area (Å²) in [5, 5.41) is 10.5. The fourth-order valence-corrected chi connectivity index (χ4v) is 3.43. The first-order chi connectivity index (χ1) is 7.60. The molecule has 1 aromatic heterocycles. The first-order valence-electron chi connectivity index (χ1n) is 5.35. The van der Waals surface area contributed by atoms with Crippen molar-refractivity contribution in [1.82, 2.24) is 15.5 Å². The predicted molar refractivity (Wildman–Crippen MR) is 59.8 cm³/mol. The lowest BCUT2D eigenvalue weighted by Crippen LogP contribution is -2.36. The van der Waals surface area contributed by atoms with E-state index >= 15 is 0 Å². The number of piperidine rings is 1. The Hall–Kier alpha value is -1.01. The topological polar surface area (TPSA) is 72.0 Å². The zero-order valence-electron chi connectivity index (χ0n) is 9.18. The molecule has 16 heavy (non-hydrogen) atoms. The monoisotopic (exact) mass is 241 g/mol. The average molecular weight is 241 g/mol. The molecule has 0 bridgehead atoms. The van der Waals surface area contributed by atoms with Gasteiger partial charge in [-0.1, -0.05) is 0 Å². The molecule has 1 N–H and O–H groups in total. The van der Waals surface area contributed by atoms with Crippen LogP contribution in [0.25, 0.3) is 0 Å². The van der Waals surface area contributed by atoms with Crippen LogP contribution in [0.3, 0.4) is 0 Å². The van der Waals surface area contributed by atoms with E-state index < -0.39 is 9.84 Å². The summed E-state index contributed by atoms with van der Waals surface area (Å²) in [6.07, 6.45) is 1.30. The molecular formula is C10H15N3O2S. The molecule has 6 heteroatoms. The molecule has 2 heterocycles. The Morgan fingerprint density at radius 3 is 2.50 bits per heavy atom. The van der Waals surface area contributed by atoms with Gasteiger partial charge >= 0.3 is 0 Å². The minimum atomic E-state index is -3.29. The van der Waals surface area contributed by atoms with Gasteiger partial charge in [0, 0.05) is 0 Å². The highest BCUT2D eigenvalue weighted by molar-refractivity contribution is 7.92. The Bertz CT molecular complexity index is 449. The number of hydrogen-bond donors (Lipinski definition) is 1. The molecular weight excluding hydrogens is 226 g/mol. The van der Waals surface area contributed by atoms with E-state index in [4.69, 9.17) is 0 Å². The summed E-state index contributed by atoms with van der Waals surface area (Å²) in [6, 6.07) is 3.22. The maximum atomic E-state index is 12.2. The van der Waals surface area contributed by atoms with Crippen molar-refractivity contribution in [3.8, 4) is 0 Å². The van der Waals surface area contributed by atoms with Crippen molar-refractivity contribution in [3.63, 3.8) is 0 Å². The molecule has 0 radical (unpaired) electrons. The third-order valence-corrected chi connectivity index (χ3v) is 4.94. The molecule has 0 aliphatic carbocycles. The molecule has 0 unspecified atom stereocenters. The van der Waals surface area contributed by atoms with Crippen LogP contribution in [-0.4, -0.2) is 37.0 Å². The maximum absolute atomic E-state index is 12.2. The van der Waals surface area contributed by atoms with E-state index in [0.29, 0.717) is 12.8 Å². The van der Waals surface area contributed by atoms with Gasteiger partial charge in [0.2, 0.25) is 0 Å². The number of hydrogen-bond acceptors (Lipinski definition) is 5. The van der Waals surface area contributed by atoms with Gasteiger partial charge in [0.1, 0.15) is 0 Å². The lowest BCUT2D eigenvalue weighted by Gasteiger charge is -2.21. The number of aryl methyl sites for hydroxylation is 1. The Labute approximate surface area is 95.2 Å². The number of nitrogens with one attached hydrogen (secondary N) is 1. The van der Waals surface area contributed by atoms with E-state index in [9.17, 15) is 8.42 Å². The van der Waals surface area contributed by atoms with Crippen LogP contribution in [0, 0.1) is 6.92 Å². The highest BCUT2D eigenvalue weighted by Crippen LogP contribution is 2.20. The molecule has 1 aliphatic heterocycles. The Morgan fingerprint density at radius 1 is 1.25 bits per heavy atom. The van der Waals surface area contributed by atoms with E-state index in [1.807, 2.05) is 0 Å². The van der Waals surface area contributed by atoms with Gasteiger partial charge in [-0.2, -0.15) is 5.10 Å². The van der Waals surface area contributed by atoms with E-state index in [-0.39, 0.29) is 10.3 Å². The fourth-order valence-electron chi connectivity index (χ4n) is 1.81. The van der Waals surface area contributed by atoms with Crippen LogP contribution in [0.1, 0.15) is 18.5 Å². The van der Waals surface area contributed by atoms with E-state index in [1.54, 1.807) is 19.1 Å². The second-order valence-corrected chi connectivity index (χ2v) is 6.18. The fraction of sp³-hybridized carbons (Fsp3) is 0.600. The van der Waals surface area contributed by atoms with Crippen LogP contribution in [-0.2, 0) is 9.84 Å². The third-order valence-electron chi connectivity index (χ3n) is 2.79. The summed E-state index contributed by atoms with van der Waals surface area (Å²) in [5.41, 5.74) is 0.726. The van der Waals surface area contributed by atoms with Crippen molar-refractivity contribution in [2.24, 2.45) is 0 Å². The predicted octanol–water partition coefficient (Wildman–Crippen LogP) is 0.311. The lowest BCUT2D eigenvalue weighted by molar-refractivity contribution is 0.494. The van der Waals surface area contributed by atoms with Gasteiger partial charge in [0.25, 0.3) is 0 Å². The second kappa shape index (κ2) is 4.47. The van der Waals surface area contributed by atoms with E-state index in [2.05, 4.69) is 15.5 Å². The minimum Gasteiger partial charge on any atom is -0.317 e. The minimum absolute atomic E-state index is 0.102. The number of sulfone groups is 1. The Balaban J connectivity index is 2.27. The summed E-state index contributed by atoms with van der Waals surface area (Å²) in [6.45, 7) is 3.29. The van der Waals surface area contributed by atoms with E-state index in [0.717, 1.165) is 18.8 Å². The quantitative estimate of drug-likeness (QED) is 0.807. The highest BCUT2D eigenvalue weighted by atomic mass is 32.2. The maximum Gasteiger partial charge on any atom is 0.200 e. The number of aromatic nitrogens is 2. The molecule has 5 nitrogen and oxygen atoms in total. The van der Waals surface area contributed by atoms with Gasteiger partial charge in [-0.15, -0.1) is 5.10 Å². The lowest BCUT2D eigenvalue weighted by atomic mass is 10.2. The van der Waals surface area contributed by atoms with Gasteiger partial charge in [-0.05, 0) is 45.0 Å². The Morgan fingerprint density at radius 2 is 1.94 bits per heavy atom. The van der Waals surface area contributed by atoms with Crippen molar-refractivity contribution in [1.29, 1.82) is 0 Å². The summed E-state index contributed by atoms with van der Waals surface area (Å²) in [7, 11) is -3.29. The Kier molecular flexibility index (Phi) is 3.20. The van der Waals surface area contributed by atoms with Gasteiger partial charge < -0.3 is 5.32 Å². The normalized spacial score (nSPS) is 18.6. The standard InChI is InChI=1S/C10H15N3O2S/c1-8-2-3-10(13-12-8)16(14,15)9-4-6-11-7-5-9/h2-3,9,11H,4-7H2,1H3. The van der Waals surface area contributed by atoms with Crippen LogP contribution < -0.4 is 5.32 Å². The molecule has 1 saturated heterocycles. The van der Waals surface area contributed by atoms with Crippen LogP contribution >= 0.6 is 0 Å². The second-order valence-electron chi connectivity index (χ2n) is 4.01. The van der Waals surface area contributed by atoms with Gasteiger partial charge in [-0.25, -0.2) is 8.42 Å². The molecule has 0 spiro atoms. The van der Waals surface area contributed by atoms with Crippen LogP contribution in [0.5, 0.6) is 0 Å². The average Bonchev–Trinajstić information content (AvgIpc) is 2.31. The summed E-state index contributed by atoms with van der Waals surface area (Å²) >= 11 is 0. The molecule has 1 aliphatic rings. The van der Waals surface area contributed by atoms with Gasteiger partial charge in [-0.3, -0.25) is 0 Å². The van der Waals surface area contributed by atoms with Crippen molar-refractivity contribution < 1.29 is 8.42 Å². The van der Waals surface area contributed by atoms with Crippen molar-refractivity contribution in [2.75, 3.05) is 13.1 Å². The highest BCUT2D eigenvalue weighted by Gasteiger charge is 2.30. The van der Waals surface area contributed by atoms with Crippen LogP contribution in [0.4, 0.5) is 0 Å². The first-order valence-corrected chi connectivity index (χ1v) is 6.90. The largest absolute Gasteiger partial charge is 0.317 e. The van der Waals surface area contributed by atoms with Crippen molar-refractivity contribution in [2.45, 2.75) is 30.0 Å². The summed E-state index contributed by atoms with van der Waals surface area (Å²) < 4.78 is 24.3. The zero-order valence-corrected chi connectivity index (χ0v) is 10.00. The number of nitrogens with zero attached hydrogens (tertiary/aromatic N) is 2. The summed E-state index contributed by atoms with van der Waals surface area (Å²) in [5.74, 6) is 0. The zero-order chi connectivity index (χ0) is 11.6. The van der Waals surface area contributed by atoms with Crippen LogP contribution in [0.2, 0.25) is 0 Å². The van der Waals surface area contributed by atoms with Crippen molar-refractivity contribution in [3.05, 3.63) is 17.8 Å². The molecule has 1 aromatic rings. The smallest absolute Gasteiger partial charge is 0.200 e. The van der Waals surface area contributed by atoms with E-state index in [1.165, 1.54) is 0 Å². The molecule has 2 rings (SSSR count). The molecule has 1 fully saturated rings. The number of rotatable bonds is 2.